The SMILES string of the molecule is CC1(C)C=Cc2c(c(O)c3oc4cc(=O)cc(O)c-4cc3c2O)O1. The first-order chi connectivity index (χ1) is 11.3. The molecule has 0 radical (unpaired) electrons. The molecular formula is C18H14O6. The Bertz CT molecular complexity index is 1060. The predicted octanol–water partition coefficient (Wildman–Crippen LogP) is 3.20. The summed E-state index contributed by atoms with van der Waals surface area (Å²) in [5, 5.41) is 31.2. The van der Waals surface area contributed by atoms with E-state index in [1.807, 2.05) is 13.8 Å². The Kier molecular flexibility index (Phi) is 2.67. The minimum Gasteiger partial charge on any atom is -0.507 e. The highest BCUT2D eigenvalue weighted by Crippen LogP contribution is 2.50. The Balaban J connectivity index is 2.16. The minimum atomic E-state index is -0.651. The number of fused-ring (bicyclic) bond motifs is 3. The van der Waals surface area contributed by atoms with Crippen molar-refractivity contribution in [3.05, 3.63) is 40.1 Å². The van der Waals surface area contributed by atoms with Crippen LogP contribution in [0, 0.1) is 0 Å². The fraction of sp³-hybridized carbons (Fsp3) is 0.167. The van der Waals surface area contributed by atoms with Crippen LogP contribution in [0.1, 0.15) is 19.4 Å². The van der Waals surface area contributed by atoms with Gasteiger partial charge in [-0.1, -0.05) is 0 Å². The van der Waals surface area contributed by atoms with Gasteiger partial charge in [-0.15, -0.1) is 0 Å². The van der Waals surface area contributed by atoms with Gasteiger partial charge >= 0.3 is 0 Å². The van der Waals surface area contributed by atoms with Crippen molar-refractivity contribution in [1.82, 2.24) is 0 Å². The molecule has 0 aromatic heterocycles. The van der Waals surface area contributed by atoms with Crippen molar-refractivity contribution in [3.63, 3.8) is 0 Å². The van der Waals surface area contributed by atoms with Gasteiger partial charge in [-0.05, 0) is 32.1 Å². The first-order valence-electron chi connectivity index (χ1n) is 7.33. The van der Waals surface area contributed by atoms with Crippen molar-refractivity contribution in [2.24, 2.45) is 0 Å². The second-order valence-electron chi connectivity index (χ2n) is 6.32. The number of ether oxygens (including phenoxy) is 1. The maximum Gasteiger partial charge on any atom is 0.203 e. The lowest BCUT2D eigenvalue weighted by Crippen LogP contribution is -2.27. The van der Waals surface area contributed by atoms with Crippen LogP contribution < -0.4 is 10.2 Å². The molecule has 0 atom stereocenters. The van der Waals surface area contributed by atoms with E-state index in [1.54, 1.807) is 12.2 Å². The molecule has 24 heavy (non-hydrogen) atoms. The van der Waals surface area contributed by atoms with E-state index in [4.69, 9.17) is 9.15 Å². The highest BCUT2D eigenvalue weighted by atomic mass is 16.5. The van der Waals surface area contributed by atoms with Crippen molar-refractivity contribution >= 4 is 17.0 Å². The summed E-state index contributed by atoms with van der Waals surface area (Å²) in [5.41, 5.74) is -0.506. The Morgan fingerprint density at radius 1 is 1.04 bits per heavy atom. The Labute approximate surface area is 136 Å². The molecule has 0 fully saturated rings. The zero-order chi connectivity index (χ0) is 17.2. The number of phenols is 3. The molecular weight excluding hydrogens is 312 g/mol. The summed E-state index contributed by atoms with van der Waals surface area (Å²) in [6.07, 6.45) is 3.43. The van der Waals surface area contributed by atoms with Crippen LogP contribution in [0.15, 0.2) is 33.5 Å². The molecule has 3 N–H and O–H groups in total. The normalized spacial score (nSPS) is 15.4. The lowest BCUT2D eigenvalue weighted by molar-refractivity contribution is 0.152. The molecule has 6 heteroatoms. The van der Waals surface area contributed by atoms with Crippen LogP contribution in [0.2, 0.25) is 0 Å². The van der Waals surface area contributed by atoms with E-state index in [1.165, 1.54) is 12.1 Å². The highest BCUT2D eigenvalue weighted by molar-refractivity contribution is 5.98. The van der Waals surface area contributed by atoms with Crippen LogP contribution in [0.25, 0.3) is 28.4 Å². The molecule has 122 valence electrons. The Morgan fingerprint density at radius 2 is 1.79 bits per heavy atom. The second kappa shape index (κ2) is 4.44. The average Bonchev–Trinajstić information content (AvgIpc) is 2.50. The minimum absolute atomic E-state index is 0.0187. The van der Waals surface area contributed by atoms with E-state index in [0.29, 0.717) is 5.56 Å². The lowest BCUT2D eigenvalue weighted by Gasteiger charge is -2.29. The van der Waals surface area contributed by atoms with E-state index in [-0.39, 0.29) is 45.3 Å². The standard InChI is InChI=1S/C18H14O6/c1-18(2)4-3-9-14(21)11-7-10-12(20)5-8(19)6-13(10)23-16(11)15(22)17(9)24-18/h3-7,20-22H,1-2H3. The predicted molar refractivity (Wildman–Crippen MR) is 87.8 cm³/mol. The van der Waals surface area contributed by atoms with E-state index in [9.17, 15) is 20.1 Å². The van der Waals surface area contributed by atoms with Gasteiger partial charge in [0.05, 0.1) is 16.5 Å². The summed E-state index contributed by atoms with van der Waals surface area (Å²) in [5.74, 6) is -0.452. The number of hydrogen-bond acceptors (Lipinski definition) is 6. The molecule has 0 amide bonds. The largest absolute Gasteiger partial charge is 0.507 e. The summed E-state index contributed by atoms with van der Waals surface area (Å²) >= 11 is 0. The van der Waals surface area contributed by atoms with Crippen molar-refractivity contribution in [2.75, 3.05) is 0 Å². The van der Waals surface area contributed by atoms with Gasteiger partial charge in [0, 0.05) is 12.1 Å². The van der Waals surface area contributed by atoms with E-state index in [2.05, 4.69) is 0 Å². The van der Waals surface area contributed by atoms with Crippen LogP contribution in [0.4, 0.5) is 0 Å². The van der Waals surface area contributed by atoms with Crippen LogP contribution in [0.5, 0.6) is 23.0 Å². The van der Waals surface area contributed by atoms with Crippen molar-refractivity contribution in [2.45, 2.75) is 19.4 Å². The fourth-order valence-electron chi connectivity index (χ4n) is 2.87. The van der Waals surface area contributed by atoms with Crippen molar-refractivity contribution in [3.8, 4) is 34.3 Å². The molecule has 0 saturated heterocycles. The summed E-state index contributed by atoms with van der Waals surface area (Å²) in [7, 11) is 0. The molecule has 1 aromatic carbocycles. The van der Waals surface area contributed by atoms with Gasteiger partial charge in [0.25, 0.3) is 0 Å². The number of rotatable bonds is 0. The summed E-state index contributed by atoms with van der Waals surface area (Å²) in [4.78, 5) is 11.5. The smallest absolute Gasteiger partial charge is 0.203 e. The number of phenolic OH excluding ortho intramolecular Hbond substituents is 3. The van der Waals surface area contributed by atoms with Crippen LogP contribution in [-0.4, -0.2) is 20.9 Å². The van der Waals surface area contributed by atoms with Crippen LogP contribution in [-0.2, 0) is 0 Å². The van der Waals surface area contributed by atoms with Gasteiger partial charge in [0.1, 0.15) is 22.9 Å². The topological polar surface area (TPSA) is 100 Å². The van der Waals surface area contributed by atoms with Gasteiger partial charge in [0.2, 0.25) is 5.75 Å². The summed E-state index contributed by atoms with van der Waals surface area (Å²) in [6.45, 7) is 3.62. The highest BCUT2D eigenvalue weighted by Gasteiger charge is 2.30. The molecule has 0 spiro atoms. The molecule has 6 nitrogen and oxygen atoms in total. The Hall–Kier alpha value is -3.15. The zero-order valence-electron chi connectivity index (χ0n) is 13.0. The third-order valence-corrected chi connectivity index (χ3v) is 4.04. The maximum atomic E-state index is 11.5. The molecule has 0 unspecified atom stereocenters. The van der Waals surface area contributed by atoms with Gasteiger partial charge in [-0.2, -0.15) is 0 Å². The van der Waals surface area contributed by atoms with Gasteiger partial charge in [-0.25, -0.2) is 0 Å². The molecule has 1 aliphatic carbocycles. The van der Waals surface area contributed by atoms with Gasteiger partial charge in [0.15, 0.2) is 16.8 Å². The summed E-state index contributed by atoms with van der Waals surface area (Å²) < 4.78 is 11.3. The fourth-order valence-corrected chi connectivity index (χ4v) is 2.87. The first-order valence-corrected chi connectivity index (χ1v) is 7.33. The third-order valence-electron chi connectivity index (χ3n) is 4.04. The molecule has 0 saturated carbocycles. The van der Waals surface area contributed by atoms with Crippen LogP contribution >= 0.6 is 0 Å². The maximum absolute atomic E-state index is 11.5. The third kappa shape index (κ3) is 1.93. The van der Waals surface area contributed by atoms with Crippen LogP contribution in [0.3, 0.4) is 0 Å². The molecule has 3 aliphatic rings. The molecule has 0 bridgehead atoms. The molecule has 1 aromatic rings. The van der Waals surface area contributed by atoms with Crippen molar-refractivity contribution < 1.29 is 24.5 Å². The first kappa shape index (κ1) is 14.4. The van der Waals surface area contributed by atoms with Gasteiger partial charge < -0.3 is 24.5 Å². The monoisotopic (exact) mass is 326 g/mol. The average molecular weight is 326 g/mol. The number of aromatic hydroxyl groups is 3. The van der Waals surface area contributed by atoms with E-state index < -0.39 is 11.0 Å². The zero-order valence-corrected chi connectivity index (χ0v) is 13.0. The second-order valence-corrected chi connectivity index (χ2v) is 6.32. The molecule has 2 aliphatic heterocycles. The van der Waals surface area contributed by atoms with Gasteiger partial charge in [-0.3, -0.25) is 4.79 Å². The number of hydrogen-bond donors (Lipinski definition) is 3. The van der Waals surface area contributed by atoms with E-state index >= 15 is 0 Å². The Morgan fingerprint density at radius 3 is 2.54 bits per heavy atom. The number of benzene rings is 2. The lowest BCUT2D eigenvalue weighted by atomic mass is 9.98. The molecule has 4 rings (SSSR count). The molecule has 2 heterocycles. The summed E-state index contributed by atoms with van der Waals surface area (Å²) in [6, 6.07) is 3.73. The van der Waals surface area contributed by atoms with Crippen molar-refractivity contribution in [1.29, 1.82) is 0 Å². The quantitative estimate of drug-likeness (QED) is 0.433. The van der Waals surface area contributed by atoms with E-state index in [0.717, 1.165) is 6.07 Å².